The summed E-state index contributed by atoms with van der Waals surface area (Å²) in [6.45, 7) is 4.13. The van der Waals surface area contributed by atoms with Crippen molar-refractivity contribution < 1.29 is 22.8 Å². The second-order valence-electron chi connectivity index (χ2n) is 7.20. The summed E-state index contributed by atoms with van der Waals surface area (Å²) in [5.74, 6) is -0.238. The van der Waals surface area contributed by atoms with Crippen LogP contribution in [0.5, 0.6) is 0 Å². The highest BCUT2D eigenvalue weighted by Gasteiger charge is 2.34. The maximum absolute atomic E-state index is 13.2. The minimum Gasteiger partial charge on any atom is -0.334 e. The lowest BCUT2D eigenvalue weighted by atomic mass is 9.93. The predicted molar refractivity (Wildman–Crippen MR) is 108 cm³/mol. The Morgan fingerprint density at radius 3 is 2.50 bits per heavy atom. The van der Waals surface area contributed by atoms with E-state index in [2.05, 4.69) is 5.32 Å². The van der Waals surface area contributed by atoms with Crippen molar-refractivity contribution in [3.8, 4) is 0 Å². The van der Waals surface area contributed by atoms with Crippen molar-refractivity contribution in [3.63, 3.8) is 0 Å². The zero-order valence-electron chi connectivity index (χ0n) is 16.9. The molecule has 0 fully saturated rings. The Balaban J connectivity index is 1.70. The number of anilines is 1. The molecule has 0 bridgehead atoms. The molecule has 0 saturated carbocycles. The molecule has 1 aliphatic heterocycles. The van der Waals surface area contributed by atoms with Crippen LogP contribution in [-0.4, -0.2) is 41.4 Å². The highest BCUT2D eigenvalue weighted by molar-refractivity contribution is 5.93. The van der Waals surface area contributed by atoms with Gasteiger partial charge in [-0.1, -0.05) is 36.4 Å². The van der Waals surface area contributed by atoms with Crippen LogP contribution in [0.4, 0.5) is 23.7 Å². The molecular formula is C22H24F3N3O2. The molecule has 1 atom stereocenters. The van der Waals surface area contributed by atoms with Crippen LogP contribution >= 0.6 is 0 Å². The number of nitrogens with zero attached hydrogens (tertiary/aromatic N) is 2. The second-order valence-corrected chi connectivity index (χ2v) is 7.20. The van der Waals surface area contributed by atoms with Crippen LogP contribution in [-0.2, 0) is 17.4 Å². The van der Waals surface area contributed by atoms with E-state index in [-0.39, 0.29) is 30.7 Å². The van der Waals surface area contributed by atoms with Gasteiger partial charge in [0, 0.05) is 13.1 Å². The Bertz CT molecular complexity index is 930. The van der Waals surface area contributed by atoms with Crippen molar-refractivity contribution in [3.05, 3.63) is 65.2 Å². The molecule has 5 nitrogen and oxygen atoms in total. The van der Waals surface area contributed by atoms with Gasteiger partial charge in [-0.3, -0.25) is 4.79 Å². The first-order chi connectivity index (χ1) is 14.2. The van der Waals surface area contributed by atoms with Gasteiger partial charge in [0.15, 0.2) is 0 Å². The number of alkyl halides is 3. The minimum atomic E-state index is -4.59. The number of urea groups is 1. The fourth-order valence-corrected chi connectivity index (χ4v) is 3.73. The number of hydrogen-bond acceptors (Lipinski definition) is 2. The number of nitrogens with one attached hydrogen (secondary N) is 1. The van der Waals surface area contributed by atoms with Crippen molar-refractivity contribution in [2.24, 2.45) is 0 Å². The number of para-hydroxylation sites is 1. The third-order valence-electron chi connectivity index (χ3n) is 5.38. The van der Waals surface area contributed by atoms with E-state index in [1.807, 2.05) is 31.2 Å². The molecule has 1 heterocycles. The number of carbonyl (C=O) groups excluding carboxylic acids is 2. The summed E-state index contributed by atoms with van der Waals surface area (Å²) in [5.41, 5.74) is 1.01. The predicted octanol–water partition coefficient (Wildman–Crippen LogP) is 4.71. The molecular weight excluding hydrogens is 395 g/mol. The molecule has 0 spiro atoms. The van der Waals surface area contributed by atoms with Gasteiger partial charge in [-0.05, 0) is 43.5 Å². The number of benzene rings is 2. The van der Waals surface area contributed by atoms with Crippen molar-refractivity contribution in [2.75, 3.05) is 25.0 Å². The first-order valence-corrected chi connectivity index (χ1v) is 9.81. The van der Waals surface area contributed by atoms with Gasteiger partial charge in [0.2, 0.25) is 5.91 Å². The molecule has 0 aromatic heterocycles. The van der Waals surface area contributed by atoms with Crippen LogP contribution in [0.15, 0.2) is 48.5 Å². The number of rotatable bonds is 4. The number of fused-ring (bicyclic) bond motifs is 1. The summed E-state index contributed by atoms with van der Waals surface area (Å²) < 4.78 is 39.5. The fraction of sp³-hybridized carbons (Fsp3) is 0.364. The number of carbonyl (C=O) groups is 2. The molecule has 3 amide bonds. The molecule has 0 radical (unpaired) electrons. The minimum absolute atomic E-state index is 0.129. The lowest BCUT2D eigenvalue weighted by molar-refractivity contribution is -0.137. The zero-order chi connectivity index (χ0) is 21.9. The fourth-order valence-electron chi connectivity index (χ4n) is 3.73. The normalized spacial score (nSPS) is 16.0. The van der Waals surface area contributed by atoms with Crippen LogP contribution in [0.1, 0.15) is 36.6 Å². The monoisotopic (exact) mass is 419 g/mol. The third-order valence-corrected chi connectivity index (χ3v) is 5.38. The first-order valence-electron chi connectivity index (χ1n) is 9.81. The Morgan fingerprint density at radius 2 is 1.80 bits per heavy atom. The van der Waals surface area contributed by atoms with Gasteiger partial charge in [0.25, 0.3) is 0 Å². The van der Waals surface area contributed by atoms with Gasteiger partial charge in [0.1, 0.15) is 6.54 Å². The van der Waals surface area contributed by atoms with E-state index >= 15 is 0 Å². The van der Waals surface area contributed by atoms with E-state index in [1.54, 1.807) is 11.8 Å². The maximum atomic E-state index is 13.2. The van der Waals surface area contributed by atoms with Gasteiger partial charge in [-0.15, -0.1) is 0 Å². The lowest BCUT2D eigenvalue weighted by Gasteiger charge is -2.36. The van der Waals surface area contributed by atoms with Crippen molar-refractivity contribution in [1.82, 2.24) is 9.80 Å². The molecule has 1 aliphatic rings. The Kier molecular flexibility index (Phi) is 6.34. The van der Waals surface area contributed by atoms with Crippen LogP contribution < -0.4 is 5.32 Å². The number of amides is 3. The number of likely N-dealkylation sites (N-methyl/N-ethyl adjacent to an activating group) is 1. The molecule has 2 aromatic carbocycles. The van der Waals surface area contributed by atoms with Crippen LogP contribution in [0.25, 0.3) is 0 Å². The SMILES string of the molecule is CCN(CC(=O)N1CCc2ccccc2C1C)C(=O)Nc1ccccc1C(F)(F)F. The van der Waals surface area contributed by atoms with Crippen molar-refractivity contribution in [2.45, 2.75) is 32.5 Å². The first kappa shape index (κ1) is 21.7. The van der Waals surface area contributed by atoms with E-state index in [1.165, 1.54) is 28.7 Å². The van der Waals surface area contributed by atoms with Crippen molar-refractivity contribution >= 4 is 17.6 Å². The van der Waals surface area contributed by atoms with E-state index in [9.17, 15) is 22.8 Å². The van der Waals surface area contributed by atoms with E-state index in [0.717, 1.165) is 18.1 Å². The van der Waals surface area contributed by atoms with Crippen LogP contribution in [0, 0.1) is 0 Å². The summed E-state index contributed by atoms with van der Waals surface area (Å²) in [6.07, 6.45) is -3.86. The number of hydrogen-bond donors (Lipinski definition) is 1. The van der Waals surface area contributed by atoms with Gasteiger partial charge in [-0.25, -0.2) is 4.79 Å². The molecule has 0 saturated heterocycles. The summed E-state index contributed by atoms with van der Waals surface area (Å²) in [4.78, 5) is 28.4. The van der Waals surface area contributed by atoms with Gasteiger partial charge in [-0.2, -0.15) is 13.2 Å². The molecule has 0 aliphatic carbocycles. The summed E-state index contributed by atoms with van der Waals surface area (Å²) in [5, 5.41) is 2.30. The molecule has 1 unspecified atom stereocenters. The molecule has 2 aromatic rings. The molecule has 3 rings (SSSR count). The highest BCUT2D eigenvalue weighted by Crippen LogP contribution is 2.34. The van der Waals surface area contributed by atoms with E-state index in [0.29, 0.717) is 6.54 Å². The highest BCUT2D eigenvalue weighted by atomic mass is 19.4. The molecule has 160 valence electrons. The maximum Gasteiger partial charge on any atom is 0.418 e. The van der Waals surface area contributed by atoms with Gasteiger partial charge in [0.05, 0.1) is 17.3 Å². The molecule has 30 heavy (non-hydrogen) atoms. The largest absolute Gasteiger partial charge is 0.418 e. The quantitative estimate of drug-likeness (QED) is 0.781. The smallest absolute Gasteiger partial charge is 0.334 e. The Morgan fingerprint density at radius 1 is 1.13 bits per heavy atom. The average Bonchev–Trinajstić information content (AvgIpc) is 2.71. The number of halogens is 3. The average molecular weight is 419 g/mol. The lowest BCUT2D eigenvalue weighted by Crippen LogP contribution is -2.47. The summed E-state index contributed by atoms with van der Waals surface area (Å²) in [6, 6.07) is 11.8. The van der Waals surface area contributed by atoms with Crippen LogP contribution in [0.3, 0.4) is 0 Å². The Labute approximate surface area is 173 Å². The third kappa shape index (κ3) is 4.58. The van der Waals surface area contributed by atoms with E-state index < -0.39 is 17.8 Å². The standard InChI is InChI=1S/C22H24F3N3O2/c1-3-27(21(30)26-19-11-7-6-10-18(19)22(23,24)25)14-20(29)28-13-12-16-8-4-5-9-17(16)15(28)2/h4-11,15H,3,12-14H2,1-2H3,(H,26,30). The second kappa shape index (κ2) is 8.77. The van der Waals surface area contributed by atoms with Gasteiger partial charge >= 0.3 is 12.2 Å². The summed E-state index contributed by atoms with van der Waals surface area (Å²) in [7, 11) is 0. The molecule has 1 N–H and O–H groups in total. The van der Waals surface area contributed by atoms with Gasteiger partial charge < -0.3 is 15.1 Å². The Hall–Kier alpha value is -3.03. The van der Waals surface area contributed by atoms with Crippen molar-refractivity contribution in [1.29, 1.82) is 0 Å². The molecule has 8 heteroatoms. The summed E-state index contributed by atoms with van der Waals surface area (Å²) >= 11 is 0. The van der Waals surface area contributed by atoms with Crippen LogP contribution in [0.2, 0.25) is 0 Å². The topological polar surface area (TPSA) is 52.7 Å². The van der Waals surface area contributed by atoms with E-state index in [4.69, 9.17) is 0 Å². The zero-order valence-corrected chi connectivity index (χ0v) is 16.9.